The summed E-state index contributed by atoms with van der Waals surface area (Å²) in [4.78, 5) is 14.3. The summed E-state index contributed by atoms with van der Waals surface area (Å²) in [5.74, 6) is -1.68. The maximum Gasteiger partial charge on any atom is 0.434 e. The maximum atomic E-state index is 12.9. The van der Waals surface area contributed by atoms with E-state index >= 15 is 0 Å². The van der Waals surface area contributed by atoms with E-state index in [2.05, 4.69) is 10.3 Å². The van der Waals surface area contributed by atoms with Crippen LogP contribution in [-0.4, -0.2) is 10.9 Å². The fraction of sp³-hybridized carbons (Fsp3) is 0.0909. The summed E-state index contributed by atoms with van der Waals surface area (Å²) in [5, 5.41) is 1.96. The minimum Gasteiger partial charge on any atom is -0.321 e. The normalized spacial score (nSPS) is 11.4. The molecule has 1 aromatic carbocycles. The Labute approximate surface area is 119 Å². The quantitative estimate of drug-likeness (QED) is 0.841. The average Bonchev–Trinajstić information content (AvgIpc) is 2.83. The van der Waals surface area contributed by atoms with Gasteiger partial charge >= 0.3 is 6.18 Å². The molecule has 0 aliphatic carbocycles. The van der Waals surface area contributed by atoms with Crippen LogP contribution in [0.4, 0.5) is 23.2 Å². The van der Waals surface area contributed by atoms with Gasteiger partial charge in [0.2, 0.25) is 0 Å². The van der Waals surface area contributed by atoms with E-state index in [0.29, 0.717) is 11.3 Å². The minimum atomic E-state index is -4.72. The molecule has 0 unspecified atom stereocenters. The second-order valence-corrected chi connectivity index (χ2v) is 4.87. The molecule has 1 amide bonds. The number of thiazole rings is 1. The van der Waals surface area contributed by atoms with Gasteiger partial charge in [-0.25, -0.2) is 9.37 Å². The lowest BCUT2D eigenvalue weighted by Crippen LogP contribution is -2.17. The Bertz CT molecular complexity index is 656. The third-order valence-corrected chi connectivity index (χ3v) is 3.33. The molecule has 0 bridgehead atoms. The Morgan fingerprint density at radius 3 is 2.65 bits per heavy atom. The molecule has 0 fully saturated rings. The number of aromatic nitrogens is 1. The second-order valence-electron chi connectivity index (χ2n) is 3.61. The van der Waals surface area contributed by atoms with E-state index in [4.69, 9.17) is 11.6 Å². The van der Waals surface area contributed by atoms with Gasteiger partial charge in [0.1, 0.15) is 10.7 Å². The van der Waals surface area contributed by atoms with Crippen molar-refractivity contribution in [3.05, 3.63) is 45.1 Å². The van der Waals surface area contributed by atoms with Gasteiger partial charge < -0.3 is 5.32 Å². The molecule has 0 radical (unpaired) electrons. The van der Waals surface area contributed by atoms with Gasteiger partial charge in [-0.15, -0.1) is 11.3 Å². The highest BCUT2D eigenvalue weighted by molar-refractivity contribution is 7.12. The largest absolute Gasteiger partial charge is 0.434 e. The Balaban J connectivity index is 2.25. The molecule has 0 atom stereocenters. The van der Waals surface area contributed by atoms with Crippen molar-refractivity contribution in [1.82, 2.24) is 4.98 Å². The number of anilines is 1. The van der Waals surface area contributed by atoms with Crippen molar-refractivity contribution in [2.24, 2.45) is 0 Å². The molecule has 0 aliphatic rings. The van der Waals surface area contributed by atoms with Gasteiger partial charge in [-0.3, -0.25) is 4.79 Å². The molecule has 1 N–H and O–H groups in total. The van der Waals surface area contributed by atoms with Crippen molar-refractivity contribution in [3.63, 3.8) is 0 Å². The number of alkyl halides is 3. The van der Waals surface area contributed by atoms with Crippen LogP contribution >= 0.6 is 22.9 Å². The SMILES string of the molecule is O=C(Nc1ccc(F)c(Cl)c1)c1scnc1C(F)(F)F. The maximum absolute atomic E-state index is 12.9. The topological polar surface area (TPSA) is 42.0 Å². The summed E-state index contributed by atoms with van der Waals surface area (Å²) in [6.07, 6.45) is -4.72. The van der Waals surface area contributed by atoms with E-state index < -0.39 is 28.5 Å². The smallest absolute Gasteiger partial charge is 0.321 e. The molecule has 20 heavy (non-hydrogen) atoms. The summed E-state index contributed by atoms with van der Waals surface area (Å²) < 4.78 is 50.7. The van der Waals surface area contributed by atoms with Crippen LogP contribution in [0.3, 0.4) is 0 Å². The minimum absolute atomic E-state index is 0.0860. The molecule has 0 aliphatic heterocycles. The zero-order valence-corrected chi connectivity index (χ0v) is 11.0. The van der Waals surface area contributed by atoms with Gasteiger partial charge in [0.05, 0.1) is 10.5 Å². The van der Waals surface area contributed by atoms with E-state index in [-0.39, 0.29) is 10.7 Å². The van der Waals surface area contributed by atoms with E-state index in [1.165, 1.54) is 6.07 Å². The predicted octanol–water partition coefficient (Wildman–Crippen LogP) is 4.21. The molecule has 1 aromatic heterocycles. The first kappa shape index (κ1) is 14.7. The summed E-state index contributed by atoms with van der Waals surface area (Å²) in [7, 11) is 0. The summed E-state index contributed by atoms with van der Waals surface area (Å²) >= 11 is 6.07. The molecule has 3 nitrogen and oxygen atoms in total. The number of amides is 1. The summed E-state index contributed by atoms with van der Waals surface area (Å²) in [6.45, 7) is 0. The molecule has 0 spiro atoms. The van der Waals surface area contributed by atoms with Crippen LogP contribution in [0, 0.1) is 5.82 Å². The zero-order chi connectivity index (χ0) is 14.9. The number of halogens is 5. The number of nitrogens with one attached hydrogen (secondary N) is 1. The van der Waals surface area contributed by atoms with E-state index in [9.17, 15) is 22.4 Å². The number of rotatable bonds is 2. The van der Waals surface area contributed by atoms with Crippen LogP contribution in [0.15, 0.2) is 23.7 Å². The number of nitrogens with zero attached hydrogens (tertiary/aromatic N) is 1. The average molecular weight is 325 g/mol. The van der Waals surface area contributed by atoms with Crippen molar-refractivity contribution in [2.75, 3.05) is 5.32 Å². The Morgan fingerprint density at radius 2 is 2.05 bits per heavy atom. The van der Waals surface area contributed by atoms with E-state index in [1.807, 2.05) is 0 Å². The van der Waals surface area contributed by atoms with Crippen molar-refractivity contribution in [1.29, 1.82) is 0 Å². The third kappa shape index (κ3) is 3.07. The number of hydrogen-bond acceptors (Lipinski definition) is 3. The van der Waals surface area contributed by atoms with Crippen LogP contribution in [0.2, 0.25) is 5.02 Å². The van der Waals surface area contributed by atoms with Gasteiger partial charge in [-0.05, 0) is 18.2 Å². The monoisotopic (exact) mass is 324 g/mol. The number of hydrogen-bond donors (Lipinski definition) is 1. The van der Waals surface area contributed by atoms with Crippen molar-refractivity contribution in [2.45, 2.75) is 6.18 Å². The van der Waals surface area contributed by atoms with Gasteiger partial charge in [0, 0.05) is 5.69 Å². The number of benzene rings is 1. The lowest BCUT2D eigenvalue weighted by atomic mass is 10.3. The number of carbonyl (C=O) groups is 1. The molecule has 2 aromatic rings. The molecular weight excluding hydrogens is 320 g/mol. The van der Waals surface area contributed by atoms with Crippen LogP contribution in [0.25, 0.3) is 0 Å². The first-order chi connectivity index (χ1) is 9.29. The first-order valence-corrected chi connectivity index (χ1v) is 6.32. The Kier molecular flexibility index (Phi) is 3.96. The van der Waals surface area contributed by atoms with Crippen LogP contribution in [-0.2, 0) is 6.18 Å². The van der Waals surface area contributed by atoms with Crippen LogP contribution < -0.4 is 5.32 Å². The van der Waals surface area contributed by atoms with Crippen molar-refractivity contribution < 1.29 is 22.4 Å². The summed E-state index contributed by atoms with van der Waals surface area (Å²) in [5.41, 5.74) is -0.244. The van der Waals surface area contributed by atoms with Crippen molar-refractivity contribution in [3.8, 4) is 0 Å². The van der Waals surface area contributed by atoms with Crippen LogP contribution in [0.1, 0.15) is 15.4 Å². The number of carbonyl (C=O) groups excluding carboxylic acids is 1. The molecule has 1 heterocycles. The van der Waals surface area contributed by atoms with E-state index in [0.717, 1.165) is 17.6 Å². The molecule has 9 heteroatoms. The second kappa shape index (κ2) is 5.37. The lowest BCUT2D eigenvalue weighted by molar-refractivity contribution is -0.141. The van der Waals surface area contributed by atoms with E-state index in [1.54, 1.807) is 0 Å². The van der Waals surface area contributed by atoms with Gasteiger partial charge in [0.25, 0.3) is 5.91 Å². The standard InChI is InChI=1S/C11H5ClF4N2OS/c12-6-3-5(1-2-7(6)13)18-10(19)8-9(11(14,15)16)17-4-20-8/h1-4H,(H,18,19). The van der Waals surface area contributed by atoms with Gasteiger partial charge in [0.15, 0.2) is 5.69 Å². The van der Waals surface area contributed by atoms with Crippen LogP contribution in [0.5, 0.6) is 0 Å². The fourth-order valence-electron chi connectivity index (χ4n) is 1.37. The molecule has 106 valence electrons. The molecule has 0 saturated heterocycles. The predicted molar refractivity (Wildman–Crippen MR) is 66.5 cm³/mol. The summed E-state index contributed by atoms with van der Waals surface area (Å²) in [6, 6.07) is 3.28. The molecular formula is C11H5ClF4N2OS. The van der Waals surface area contributed by atoms with Gasteiger partial charge in [-0.2, -0.15) is 13.2 Å². The lowest BCUT2D eigenvalue weighted by Gasteiger charge is -2.07. The molecule has 2 rings (SSSR count). The van der Waals surface area contributed by atoms with Gasteiger partial charge in [-0.1, -0.05) is 11.6 Å². The third-order valence-electron chi connectivity index (χ3n) is 2.22. The fourth-order valence-corrected chi connectivity index (χ4v) is 2.25. The molecule has 0 saturated carbocycles. The Morgan fingerprint density at radius 1 is 1.35 bits per heavy atom. The Hall–Kier alpha value is -1.67. The highest BCUT2D eigenvalue weighted by Gasteiger charge is 2.38. The zero-order valence-electron chi connectivity index (χ0n) is 9.46. The highest BCUT2D eigenvalue weighted by Crippen LogP contribution is 2.33. The highest BCUT2D eigenvalue weighted by atomic mass is 35.5. The van der Waals surface area contributed by atoms with Crippen molar-refractivity contribution >= 4 is 34.5 Å². The first-order valence-electron chi connectivity index (χ1n) is 5.06.